The minimum Gasteiger partial charge on any atom is -0.481 e. The minimum atomic E-state index is -3.41. The zero-order valence-corrected chi connectivity index (χ0v) is 21.5. The molecule has 1 aliphatic heterocycles. The highest BCUT2D eigenvalue weighted by atomic mass is 35.5. The summed E-state index contributed by atoms with van der Waals surface area (Å²) in [4.78, 5) is 26.8. The molecule has 0 radical (unpaired) electrons. The van der Waals surface area contributed by atoms with Gasteiger partial charge in [-0.05, 0) is 54.7 Å². The fourth-order valence-electron chi connectivity index (χ4n) is 4.63. The second kappa shape index (κ2) is 10.5. The van der Waals surface area contributed by atoms with Crippen LogP contribution in [0.5, 0.6) is 0 Å². The Balaban J connectivity index is 1.84. The second-order valence-electron chi connectivity index (χ2n) is 9.03. The van der Waals surface area contributed by atoms with Crippen LogP contribution < -0.4 is 0 Å². The van der Waals surface area contributed by atoms with E-state index < -0.39 is 52.4 Å². The van der Waals surface area contributed by atoms with Crippen molar-refractivity contribution in [1.29, 1.82) is 0 Å². The number of amides is 1. The maximum absolute atomic E-state index is 13.7. The van der Waals surface area contributed by atoms with Gasteiger partial charge < -0.3 is 14.7 Å². The summed E-state index contributed by atoms with van der Waals surface area (Å²) in [6.45, 7) is 1.83. The minimum absolute atomic E-state index is 0.188. The lowest BCUT2D eigenvalue weighted by atomic mass is 9.89. The van der Waals surface area contributed by atoms with Gasteiger partial charge in [-0.15, -0.1) is 0 Å². The van der Waals surface area contributed by atoms with Gasteiger partial charge in [-0.3, -0.25) is 9.59 Å². The first-order valence-electron chi connectivity index (χ1n) is 11.5. The summed E-state index contributed by atoms with van der Waals surface area (Å²) >= 11 is 12.4. The summed E-state index contributed by atoms with van der Waals surface area (Å²) in [5.74, 6) is -1.91. The maximum atomic E-state index is 13.7. The van der Waals surface area contributed by atoms with Gasteiger partial charge in [0.15, 0.2) is 9.84 Å². The Hall–Kier alpha value is -2.13. The van der Waals surface area contributed by atoms with Crippen molar-refractivity contribution in [3.63, 3.8) is 0 Å². The van der Waals surface area contributed by atoms with Gasteiger partial charge in [-0.2, -0.15) is 0 Å². The molecule has 0 unspecified atom stereocenters. The van der Waals surface area contributed by atoms with Crippen LogP contribution in [0.4, 0.5) is 0 Å². The normalized spacial score (nSPS) is 23.8. The van der Waals surface area contributed by atoms with Crippen LogP contribution in [0, 0.1) is 0 Å². The predicted molar refractivity (Wildman–Crippen MR) is 133 cm³/mol. The van der Waals surface area contributed by atoms with Gasteiger partial charge in [0.1, 0.15) is 12.2 Å². The quantitative estimate of drug-likeness (QED) is 0.489. The molecule has 2 aromatic carbocycles. The lowest BCUT2D eigenvalue weighted by Gasteiger charge is -2.48. The fourth-order valence-corrected chi connectivity index (χ4v) is 7.01. The summed E-state index contributed by atoms with van der Waals surface area (Å²) < 4.78 is 32.1. The molecule has 0 spiro atoms. The standard InChI is InChI=1S/C25H27Cl2NO6S/c1-2-19(14-35(32,33)20-10-11-20)28-23(15-6-8-17(26)9-7-15)24(16-4-3-5-18(27)12-16)34-21(25(28)31)13-22(29)30/h3-9,12,19-21,23-24H,2,10-11,13-14H2,1H3,(H,29,30)/t19-,21+,23+,24+/m0/s1. The van der Waals surface area contributed by atoms with Crippen molar-refractivity contribution < 1.29 is 27.9 Å². The van der Waals surface area contributed by atoms with Gasteiger partial charge in [0.25, 0.3) is 5.91 Å². The zero-order valence-electron chi connectivity index (χ0n) is 19.1. The number of carboxylic acids is 1. The Morgan fingerprint density at radius 2 is 1.80 bits per heavy atom. The molecule has 35 heavy (non-hydrogen) atoms. The van der Waals surface area contributed by atoms with E-state index in [2.05, 4.69) is 0 Å². The number of rotatable bonds is 9. The average Bonchev–Trinajstić information content (AvgIpc) is 3.65. The Labute approximate surface area is 214 Å². The van der Waals surface area contributed by atoms with E-state index in [-0.39, 0.29) is 11.0 Å². The molecule has 1 aliphatic carbocycles. The van der Waals surface area contributed by atoms with Gasteiger partial charge in [-0.25, -0.2) is 8.42 Å². The van der Waals surface area contributed by atoms with Crippen molar-refractivity contribution in [3.8, 4) is 0 Å². The Bertz CT molecular complexity index is 1200. The smallest absolute Gasteiger partial charge is 0.306 e. The first-order chi connectivity index (χ1) is 16.6. The van der Waals surface area contributed by atoms with Gasteiger partial charge in [0.2, 0.25) is 0 Å². The summed E-state index contributed by atoms with van der Waals surface area (Å²) in [6.07, 6.45) is -0.936. The molecule has 0 aromatic heterocycles. The van der Waals surface area contributed by atoms with Crippen LogP contribution in [0.3, 0.4) is 0 Å². The third-order valence-electron chi connectivity index (χ3n) is 6.50. The maximum Gasteiger partial charge on any atom is 0.306 e. The van der Waals surface area contributed by atoms with Crippen LogP contribution in [0.2, 0.25) is 10.0 Å². The van der Waals surface area contributed by atoms with E-state index in [0.717, 1.165) is 0 Å². The van der Waals surface area contributed by atoms with Gasteiger partial charge in [0.05, 0.1) is 23.5 Å². The van der Waals surface area contributed by atoms with E-state index >= 15 is 0 Å². The van der Waals surface area contributed by atoms with Crippen LogP contribution >= 0.6 is 23.2 Å². The lowest BCUT2D eigenvalue weighted by molar-refractivity contribution is -0.182. The van der Waals surface area contributed by atoms with Crippen molar-refractivity contribution in [2.45, 2.75) is 62.1 Å². The highest BCUT2D eigenvalue weighted by Crippen LogP contribution is 2.45. The number of aliphatic carboxylic acids is 1. The number of hydrogen-bond acceptors (Lipinski definition) is 5. The predicted octanol–water partition coefficient (Wildman–Crippen LogP) is 4.83. The Kier molecular flexibility index (Phi) is 7.76. The number of halogens is 2. The number of nitrogens with zero attached hydrogens (tertiary/aromatic N) is 1. The summed E-state index contributed by atoms with van der Waals surface area (Å²) in [5.41, 5.74) is 1.36. The number of ether oxygens (including phenoxy) is 1. The van der Waals surface area contributed by atoms with Crippen LogP contribution in [0.25, 0.3) is 0 Å². The van der Waals surface area contributed by atoms with Gasteiger partial charge in [0, 0.05) is 16.1 Å². The molecule has 10 heteroatoms. The first-order valence-corrected chi connectivity index (χ1v) is 14.0. The molecular formula is C25H27Cl2NO6S. The molecule has 1 amide bonds. The van der Waals surface area contributed by atoms with Crippen molar-refractivity contribution in [1.82, 2.24) is 4.90 Å². The summed E-state index contributed by atoms with van der Waals surface area (Å²) in [5, 5.41) is 10.1. The molecule has 1 saturated heterocycles. The Morgan fingerprint density at radius 1 is 1.11 bits per heavy atom. The van der Waals surface area contributed by atoms with Crippen molar-refractivity contribution in [2.75, 3.05) is 5.75 Å². The van der Waals surface area contributed by atoms with Crippen LogP contribution in [-0.4, -0.2) is 53.4 Å². The highest BCUT2D eigenvalue weighted by molar-refractivity contribution is 7.92. The number of carbonyl (C=O) groups is 2. The Morgan fingerprint density at radius 3 is 2.37 bits per heavy atom. The summed E-state index contributed by atoms with van der Waals surface area (Å²) in [7, 11) is -3.41. The van der Waals surface area contributed by atoms with E-state index in [4.69, 9.17) is 27.9 Å². The highest BCUT2D eigenvalue weighted by Gasteiger charge is 2.48. The number of benzene rings is 2. The molecule has 2 aliphatic rings. The van der Waals surface area contributed by atoms with Crippen molar-refractivity contribution >= 4 is 44.9 Å². The number of morpholine rings is 1. The monoisotopic (exact) mass is 539 g/mol. The molecule has 1 saturated carbocycles. The van der Waals surface area contributed by atoms with Gasteiger partial charge in [-0.1, -0.05) is 54.4 Å². The molecule has 7 nitrogen and oxygen atoms in total. The van der Waals surface area contributed by atoms with E-state index in [1.807, 2.05) is 6.92 Å². The van der Waals surface area contributed by atoms with E-state index in [1.54, 1.807) is 48.5 Å². The molecule has 2 aromatic rings. The first kappa shape index (κ1) is 25.9. The van der Waals surface area contributed by atoms with Crippen LogP contribution in [0.1, 0.15) is 55.9 Å². The van der Waals surface area contributed by atoms with E-state index in [0.29, 0.717) is 40.4 Å². The van der Waals surface area contributed by atoms with Crippen LogP contribution in [-0.2, 0) is 24.2 Å². The zero-order chi connectivity index (χ0) is 25.3. The average molecular weight is 540 g/mol. The lowest BCUT2D eigenvalue weighted by Crippen LogP contribution is -2.56. The third-order valence-corrected chi connectivity index (χ3v) is 9.32. The molecule has 2 fully saturated rings. The third kappa shape index (κ3) is 5.82. The molecule has 4 rings (SSSR count). The second-order valence-corrected chi connectivity index (χ2v) is 12.2. The van der Waals surface area contributed by atoms with E-state index in [9.17, 15) is 23.1 Å². The SMILES string of the molecule is CC[C@@H](CS(=O)(=O)C1CC1)N1C(=O)[C@@H](CC(=O)O)O[C@H](c2cccc(Cl)c2)[C@H]1c1ccc(Cl)cc1. The van der Waals surface area contributed by atoms with Crippen LogP contribution in [0.15, 0.2) is 48.5 Å². The van der Waals surface area contributed by atoms with Gasteiger partial charge >= 0.3 is 5.97 Å². The molecular weight excluding hydrogens is 513 g/mol. The molecule has 188 valence electrons. The number of hydrogen-bond donors (Lipinski definition) is 1. The number of sulfone groups is 1. The van der Waals surface area contributed by atoms with E-state index in [1.165, 1.54) is 4.90 Å². The topological polar surface area (TPSA) is 101 Å². The van der Waals surface area contributed by atoms with Crippen molar-refractivity contribution in [2.24, 2.45) is 0 Å². The molecule has 1 heterocycles. The molecule has 0 bridgehead atoms. The summed E-state index contributed by atoms with van der Waals surface area (Å²) in [6, 6.07) is 12.5. The fraction of sp³-hybridized carbons (Fsp3) is 0.440. The number of carboxylic acid groups (broad SMARTS) is 1. The van der Waals surface area contributed by atoms with Crippen molar-refractivity contribution in [3.05, 3.63) is 69.7 Å². The molecule has 1 N–H and O–H groups in total. The largest absolute Gasteiger partial charge is 0.481 e. The number of carbonyl (C=O) groups excluding carboxylic acids is 1. The molecule has 4 atom stereocenters.